The van der Waals surface area contributed by atoms with Crippen molar-refractivity contribution in [2.75, 3.05) is 6.61 Å². The van der Waals surface area contributed by atoms with Crippen LogP contribution in [0.5, 0.6) is 5.88 Å². The molecule has 0 bridgehead atoms. The van der Waals surface area contributed by atoms with Crippen LogP contribution in [-0.2, 0) is 6.54 Å². The Bertz CT molecular complexity index is 431. The first-order valence-electron chi connectivity index (χ1n) is 5.83. The molecule has 0 spiro atoms. The molecule has 1 N–H and O–H groups in total. The molecule has 0 fully saturated rings. The number of fused-ring (bicyclic) bond motifs is 1. The molecule has 0 aliphatic carbocycles. The van der Waals surface area contributed by atoms with Gasteiger partial charge in [0.25, 0.3) is 5.91 Å². The van der Waals surface area contributed by atoms with Crippen LogP contribution >= 0.6 is 11.6 Å². The summed E-state index contributed by atoms with van der Waals surface area (Å²) in [5.74, 6) is 0.265. The van der Waals surface area contributed by atoms with Crippen LogP contribution < -0.4 is 10.1 Å². The largest absolute Gasteiger partial charge is 0.475 e. The number of aromatic nitrogens is 2. The van der Waals surface area contributed by atoms with Crippen LogP contribution in [0.2, 0.25) is 5.02 Å². The number of ether oxygens (including phenoxy) is 1. The average molecular weight is 258 g/mol. The third-order valence-electron chi connectivity index (χ3n) is 2.71. The molecule has 2 rings (SSSR count). The highest BCUT2D eigenvalue weighted by Crippen LogP contribution is 2.31. The fraction of sp³-hybridized carbons (Fsp3) is 0.636. The van der Waals surface area contributed by atoms with Crippen LogP contribution in [0.1, 0.15) is 37.2 Å². The zero-order valence-electron chi connectivity index (χ0n) is 9.99. The molecule has 0 aromatic carbocycles. The van der Waals surface area contributed by atoms with E-state index in [9.17, 15) is 4.79 Å². The standard InChI is InChI=1S/C11H16ClN3O2/c1-3-4-7(2)13-10(16)9-8(12)11-15(14-9)5-6-17-11/h7H,3-6H2,1-2H3,(H,13,16). The summed E-state index contributed by atoms with van der Waals surface area (Å²) in [5, 5.41) is 7.33. The smallest absolute Gasteiger partial charge is 0.273 e. The quantitative estimate of drug-likeness (QED) is 0.896. The number of carbonyl (C=O) groups excluding carboxylic acids is 1. The first-order valence-corrected chi connectivity index (χ1v) is 6.21. The number of nitrogens with zero attached hydrogens (tertiary/aromatic N) is 2. The summed E-state index contributed by atoms with van der Waals surface area (Å²) >= 11 is 6.06. The molecule has 1 unspecified atom stereocenters. The molecule has 1 aromatic heterocycles. The lowest BCUT2D eigenvalue weighted by Gasteiger charge is -2.11. The second kappa shape index (κ2) is 4.96. The van der Waals surface area contributed by atoms with Gasteiger partial charge in [-0.05, 0) is 13.3 Å². The van der Waals surface area contributed by atoms with Gasteiger partial charge in [0.05, 0.1) is 6.54 Å². The van der Waals surface area contributed by atoms with Crippen molar-refractivity contribution in [2.24, 2.45) is 0 Å². The minimum Gasteiger partial charge on any atom is -0.475 e. The summed E-state index contributed by atoms with van der Waals surface area (Å²) in [5.41, 5.74) is 0.254. The molecule has 0 saturated carbocycles. The van der Waals surface area contributed by atoms with Crippen LogP contribution in [-0.4, -0.2) is 28.3 Å². The first-order chi connectivity index (χ1) is 8.13. The normalized spacial score (nSPS) is 15.2. The predicted octanol–water partition coefficient (Wildman–Crippen LogP) is 1.85. The molecule has 0 saturated heterocycles. The number of rotatable bonds is 4. The van der Waals surface area contributed by atoms with Crippen molar-refractivity contribution >= 4 is 17.5 Å². The van der Waals surface area contributed by atoms with Gasteiger partial charge in [0.15, 0.2) is 5.69 Å². The topological polar surface area (TPSA) is 56.2 Å². The van der Waals surface area contributed by atoms with Gasteiger partial charge >= 0.3 is 0 Å². The van der Waals surface area contributed by atoms with E-state index in [1.165, 1.54) is 0 Å². The third kappa shape index (κ3) is 2.39. The van der Waals surface area contributed by atoms with Gasteiger partial charge in [-0.1, -0.05) is 24.9 Å². The Morgan fingerprint density at radius 1 is 1.71 bits per heavy atom. The number of carbonyl (C=O) groups is 1. The number of nitrogens with one attached hydrogen (secondary N) is 1. The Labute approximate surface area is 105 Å². The Morgan fingerprint density at radius 2 is 2.47 bits per heavy atom. The van der Waals surface area contributed by atoms with Gasteiger partial charge in [-0.15, -0.1) is 0 Å². The maximum atomic E-state index is 11.9. The van der Waals surface area contributed by atoms with Crippen molar-refractivity contribution in [1.82, 2.24) is 15.1 Å². The van der Waals surface area contributed by atoms with Gasteiger partial charge < -0.3 is 10.1 Å². The Balaban J connectivity index is 2.10. The molecule has 17 heavy (non-hydrogen) atoms. The molecule has 0 radical (unpaired) electrons. The van der Waals surface area contributed by atoms with Crippen LogP contribution in [0.25, 0.3) is 0 Å². The Morgan fingerprint density at radius 3 is 3.12 bits per heavy atom. The maximum absolute atomic E-state index is 11.9. The van der Waals surface area contributed by atoms with E-state index >= 15 is 0 Å². The first kappa shape index (κ1) is 12.2. The van der Waals surface area contributed by atoms with E-state index in [-0.39, 0.29) is 17.6 Å². The fourth-order valence-corrected chi connectivity index (χ4v) is 2.16. The summed E-state index contributed by atoms with van der Waals surface area (Å²) in [6, 6.07) is 0.126. The van der Waals surface area contributed by atoms with E-state index < -0.39 is 0 Å². The highest BCUT2D eigenvalue weighted by Gasteiger charge is 2.26. The van der Waals surface area contributed by atoms with E-state index in [0.717, 1.165) is 12.8 Å². The van der Waals surface area contributed by atoms with Crippen LogP contribution in [0.4, 0.5) is 0 Å². The van der Waals surface area contributed by atoms with E-state index in [4.69, 9.17) is 16.3 Å². The lowest BCUT2D eigenvalue weighted by Crippen LogP contribution is -2.33. The van der Waals surface area contributed by atoms with Gasteiger partial charge in [-0.25, -0.2) is 4.68 Å². The summed E-state index contributed by atoms with van der Waals surface area (Å²) in [4.78, 5) is 11.9. The minimum atomic E-state index is -0.235. The van der Waals surface area contributed by atoms with Crippen molar-refractivity contribution in [3.8, 4) is 5.88 Å². The molecule has 1 aromatic rings. The van der Waals surface area contributed by atoms with Crippen molar-refractivity contribution in [1.29, 1.82) is 0 Å². The van der Waals surface area contributed by atoms with E-state index in [2.05, 4.69) is 17.3 Å². The van der Waals surface area contributed by atoms with E-state index in [1.807, 2.05) is 6.92 Å². The molecule has 1 aliphatic heterocycles. The highest BCUT2D eigenvalue weighted by atomic mass is 35.5. The van der Waals surface area contributed by atoms with Crippen LogP contribution in [0, 0.1) is 0 Å². The zero-order chi connectivity index (χ0) is 12.4. The van der Waals surface area contributed by atoms with Crippen molar-refractivity contribution in [2.45, 2.75) is 39.3 Å². The maximum Gasteiger partial charge on any atom is 0.273 e. The number of amides is 1. The van der Waals surface area contributed by atoms with E-state index in [0.29, 0.717) is 24.1 Å². The van der Waals surface area contributed by atoms with Crippen LogP contribution in [0.15, 0.2) is 0 Å². The van der Waals surface area contributed by atoms with Crippen molar-refractivity contribution in [3.05, 3.63) is 10.7 Å². The molecular formula is C11H16ClN3O2. The Kier molecular flexibility index (Phi) is 3.57. The molecule has 94 valence electrons. The lowest BCUT2D eigenvalue weighted by atomic mass is 10.2. The summed E-state index contributed by atoms with van der Waals surface area (Å²) < 4.78 is 6.93. The van der Waals surface area contributed by atoms with Gasteiger partial charge in [0.1, 0.15) is 11.6 Å². The molecule has 5 nitrogen and oxygen atoms in total. The van der Waals surface area contributed by atoms with Gasteiger partial charge in [0.2, 0.25) is 5.88 Å². The number of hydrogen-bond acceptors (Lipinski definition) is 3. The predicted molar refractivity (Wildman–Crippen MR) is 64.6 cm³/mol. The van der Waals surface area contributed by atoms with Gasteiger partial charge in [-0.3, -0.25) is 4.79 Å². The minimum absolute atomic E-state index is 0.126. The molecule has 2 heterocycles. The molecule has 1 atom stereocenters. The highest BCUT2D eigenvalue weighted by molar-refractivity contribution is 6.34. The lowest BCUT2D eigenvalue weighted by molar-refractivity contribution is 0.0932. The monoisotopic (exact) mass is 257 g/mol. The fourth-order valence-electron chi connectivity index (χ4n) is 1.89. The zero-order valence-corrected chi connectivity index (χ0v) is 10.8. The van der Waals surface area contributed by atoms with E-state index in [1.54, 1.807) is 4.68 Å². The number of halogens is 1. The molecule has 1 aliphatic rings. The van der Waals surface area contributed by atoms with Gasteiger partial charge in [0, 0.05) is 6.04 Å². The SMILES string of the molecule is CCCC(C)NC(=O)c1nn2c(c1Cl)OCC2. The van der Waals surface area contributed by atoms with Crippen LogP contribution in [0.3, 0.4) is 0 Å². The second-order valence-corrected chi connectivity index (χ2v) is 4.58. The summed E-state index contributed by atoms with van der Waals surface area (Å²) in [7, 11) is 0. The molecule has 1 amide bonds. The molecule has 6 heteroatoms. The number of hydrogen-bond donors (Lipinski definition) is 1. The Hall–Kier alpha value is -1.23. The van der Waals surface area contributed by atoms with Crippen molar-refractivity contribution < 1.29 is 9.53 Å². The average Bonchev–Trinajstić information content (AvgIpc) is 2.82. The van der Waals surface area contributed by atoms with Gasteiger partial charge in [-0.2, -0.15) is 5.10 Å². The summed E-state index contributed by atoms with van der Waals surface area (Å²) in [6.07, 6.45) is 1.96. The molecular weight excluding hydrogens is 242 g/mol. The third-order valence-corrected chi connectivity index (χ3v) is 3.05. The van der Waals surface area contributed by atoms with Crippen molar-refractivity contribution in [3.63, 3.8) is 0 Å². The summed E-state index contributed by atoms with van der Waals surface area (Å²) in [6.45, 7) is 5.26. The second-order valence-electron chi connectivity index (χ2n) is 4.20.